The van der Waals surface area contributed by atoms with Crippen molar-refractivity contribution in [1.29, 1.82) is 0 Å². The molecule has 0 spiro atoms. The van der Waals surface area contributed by atoms with E-state index < -0.39 is 54.4 Å². The van der Waals surface area contributed by atoms with E-state index in [1.807, 2.05) is 13.0 Å². The van der Waals surface area contributed by atoms with E-state index in [1.165, 1.54) is 20.8 Å². The molecule has 242 valence electrons. The van der Waals surface area contributed by atoms with Crippen molar-refractivity contribution >= 4 is 46.6 Å². The third-order valence-electron chi connectivity index (χ3n) is 7.78. The van der Waals surface area contributed by atoms with Crippen molar-refractivity contribution in [3.63, 3.8) is 0 Å². The van der Waals surface area contributed by atoms with Crippen LogP contribution in [0.4, 0.5) is 4.79 Å². The van der Waals surface area contributed by atoms with Gasteiger partial charge in [0.1, 0.15) is 23.5 Å². The molecule has 2 aliphatic heterocycles. The monoisotopic (exact) mass is 626 g/mol. The molecule has 0 bridgehead atoms. The summed E-state index contributed by atoms with van der Waals surface area (Å²) < 4.78 is 10.9. The SMILES string of the molecule is CCOC(=O)N1CCN(C(=O)[C@H](CCC(=O)O)NC(=O)c2cc(OCC(=O)N3CCC[C@@H]3C(N)=O)c3ccc(C)cc3n2)CC1. The number of primary amides is 1. The number of carboxylic acids is 1. The number of hydrogen-bond acceptors (Lipinski definition) is 9. The molecule has 2 atom stereocenters. The average molecular weight is 627 g/mol. The molecule has 0 saturated carbocycles. The molecule has 3 heterocycles. The van der Waals surface area contributed by atoms with Crippen LogP contribution in [0.2, 0.25) is 0 Å². The number of pyridine rings is 1. The molecule has 0 aliphatic carbocycles. The van der Waals surface area contributed by atoms with Gasteiger partial charge in [0.05, 0.1) is 12.1 Å². The maximum atomic E-state index is 13.5. The summed E-state index contributed by atoms with van der Waals surface area (Å²) >= 11 is 0. The zero-order chi connectivity index (χ0) is 32.7. The van der Waals surface area contributed by atoms with Gasteiger partial charge in [-0.3, -0.25) is 24.0 Å². The highest BCUT2D eigenvalue weighted by Crippen LogP contribution is 2.27. The molecular weight excluding hydrogens is 588 g/mol. The van der Waals surface area contributed by atoms with Crippen LogP contribution in [0, 0.1) is 6.92 Å². The minimum atomic E-state index is -1.18. The fourth-order valence-electron chi connectivity index (χ4n) is 5.43. The van der Waals surface area contributed by atoms with E-state index >= 15 is 0 Å². The second-order valence-corrected chi connectivity index (χ2v) is 10.9. The van der Waals surface area contributed by atoms with Crippen molar-refractivity contribution in [2.24, 2.45) is 5.73 Å². The maximum absolute atomic E-state index is 13.5. The molecule has 1 aromatic heterocycles. The number of piperazine rings is 1. The third kappa shape index (κ3) is 8.16. The number of ether oxygens (including phenoxy) is 2. The van der Waals surface area contributed by atoms with E-state index in [-0.39, 0.29) is 57.1 Å². The summed E-state index contributed by atoms with van der Waals surface area (Å²) in [6.07, 6.45) is 0.101. The summed E-state index contributed by atoms with van der Waals surface area (Å²) in [4.78, 5) is 83.8. The zero-order valence-corrected chi connectivity index (χ0v) is 25.3. The van der Waals surface area contributed by atoms with Gasteiger partial charge in [-0.05, 0) is 50.8 Å². The lowest BCUT2D eigenvalue weighted by Gasteiger charge is -2.35. The molecule has 0 radical (unpaired) electrons. The lowest BCUT2D eigenvalue weighted by atomic mass is 10.1. The predicted octanol–water partition coefficient (Wildman–Crippen LogP) is 0.662. The van der Waals surface area contributed by atoms with Crippen molar-refractivity contribution in [2.45, 2.75) is 51.6 Å². The lowest BCUT2D eigenvalue weighted by molar-refractivity contribution is -0.139. The second-order valence-electron chi connectivity index (χ2n) is 10.9. The number of nitrogens with zero attached hydrogens (tertiary/aromatic N) is 4. The molecule has 15 heteroatoms. The van der Waals surface area contributed by atoms with Crippen LogP contribution in [-0.2, 0) is 23.9 Å². The Morgan fingerprint density at radius 3 is 2.44 bits per heavy atom. The Hall–Kier alpha value is -4.95. The minimum Gasteiger partial charge on any atom is -0.483 e. The van der Waals surface area contributed by atoms with Gasteiger partial charge in [-0.15, -0.1) is 0 Å². The Kier molecular flexibility index (Phi) is 10.8. The maximum Gasteiger partial charge on any atom is 0.409 e. The van der Waals surface area contributed by atoms with E-state index in [1.54, 1.807) is 19.1 Å². The summed E-state index contributed by atoms with van der Waals surface area (Å²) in [6.45, 7) is 4.56. The highest BCUT2D eigenvalue weighted by molar-refractivity contribution is 5.99. The summed E-state index contributed by atoms with van der Waals surface area (Å²) in [5.74, 6) is -3.18. The van der Waals surface area contributed by atoms with Gasteiger partial charge in [0.15, 0.2) is 6.61 Å². The molecule has 2 fully saturated rings. The van der Waals surface area contributed by atoms with E-state index in [2.05, 4.69) is 10.3 Å². The van der Waals surface area contributed by atoms with Crippen LogP contribution in [0.25, 0.3) is 10.9 Å². The summed E-state index contributed by atoms with van der Waals surface area (Å²) in [5.41, 5.74) is 6.60. The summed E-state index contributed by atoms with van der Waals surface area (Å²) in [5, 5.41) is 12.4. The molecule has 2 saturated heterocycles. The van der Waals surface area contributed by atoms with Crippen LogP contribution < -0.4 is 15.8 Å². The van der Waals surface area contributed by atoms with Crippen LogP contribution in [0.1, 0.15) is 48.7 Å². The normalized spacial score (nSPS) is 17.1. The number of carboxylic acid groups (broad SMARTS) is 1. The summed E-state index contributed by atoms with van der Waals surface area (Å²) in [6, 6.07) is 4.78. The average Bonchev–Trinajstić information content (AvgIpc) is 3.52. The van der Waals surface area contributed by atoms with Crippen molar-refractivity contribution < 1.29 is 43.3 Å². The predicted molar refractivity (Wildman–Crippen MR) is 159 cm³/mol. The number of carbonyl (C=O) groups excluding carboxylic acids is 5. The van der Waals surface area contributed by atoms with E-state index in [0.29, 0.717) is 30.3 Å². The van der Waals surface area contributed by atoms with Gasteiger partial charge < -0.3 is 40.3 Å². The number of rotatable bonds is 11. The Morgan fingerprint density at radius 2 is 1.78 bits per heavy atom. The van der Waals surface area contributed by atoms with Crippen molar-refractivity contribution in [3.05, 3.63) is 35.5 Å². The molecule has 0 unspecified atom stereocenters. The quantitative estimate of drug-likeness (QED) is 0.318. The fraction of sp³-hybridized carbons (Fsp3) is 0.500. The molecular formula is C30H38N6O9. The van der Waals surface area contributed by atoms with Crippen LogP contribution in [0.5, 0.6) is 5.75 Å². The first-order valence-corrected chi connectivity index (χ1v) is 14.8. The molecule has 15 nitrogen and oxygen atoms in total. The fourth-order valence-corrected chi connectivity index (χ4v) is 5.43. The zero-order valence-electron chi connectivity index (χ0n) is 25.3. The standard InChI is InChI=1S/C30H38N6O9/c1-3-44-30(43)35-13-11-34(12-14-35)29(42)20(8-9-26(38)39)33-28(41)22-16-24(19-7-6-18(2)15-21(19)32-22)45-17-25(37)36-10-4-5-23(36)27(31)40/h6-7,15-16,20,23H,3-5,8-14,17H2,1-2H3,(H2,31,40)(H,33,41)(H,38,39)/t20-,23+/m0/s1. The number of aliphatic carboxylic acids is 1. The van der Waals surface area contributed by atoms with E-state index in [0.717, 1.165) is 5.56 Å². The number of nitrogens with two attached hydrogens (primary N) is 1. The molecule has 5 amide bonds. The number of carbonyl (C=O) groups is 6. The Bertz CT molecular complexity index is 1470. The lowest BCUT2D eigenvalue weighted by Crippen LogP contribution is -2.56. The van der Waals surface area contributed by atoms with Crippen molar-refractivity contribution in [1.82, 2.24) is 25.0 Å². The van der Waals surface area contributed by atoms with Crippen molar-refractivity contribution in [2.75, 3.05) is 45.9 Å². The van der Waals surface area contributed by atoms with Gasteiger partial charge in [-0.25, -0.2) is 9.78 Å². The number of benzene rings is 1. The molecule has 2 aliphatic rings. The number of amides is 5. The third-order valence-corrected chi connectivity index (χ3v) is 7.78. The molecule has 4 N–H and O–H groups in total. The first-order valence-electron chi connectivity index (χ1n) is 14.8. The largest absolute Gasteiger partial charge is 0.483 e. The Balaban J connectivity index is 1.52. The first-order chi connectivity index (χ1) is 21.5. The number of likely N-dealkylation sites (tertiary alicyclic amines) is 1. The van der Waals surface area contributed by atoms with Crippen LogP contribution in [0.3, 0.4) is 0 Å². The first kappa shape index (κ1) is 33.0. The van der Waals surface area contributed by atoms with Crippen LogP contribution in [-0.4, -0.2) is 119 Å². The Labute approximate surface area is 259 Å². The second kappa shape index (κ2) is 14.7. The van der Waals surface area contributed by atoms with Gasteiger partial charge in [0.2, 0.25) is 11.8 Å². The van der Waals surface area contributed by atoms with Gasteiger partial charge in [-0.2, -0.15) is 0 Å². The number of aromatic nitrogens is 1. The molecule has 4 rings (SSSR count). The van der Waals surface area contributed by atoms with Gasteiger partial charge in [0, 0.05) is 50.6 Å². The number of nitrogens with one attached hydrogen (secondary N) is 1. The Morgan fingerprint density at radius 1 is 1.07 bits per heavy atom. The van der Waals surface area contributed by atoms with Crippen molar-refractivity contribution in [3.8, 4) is 5.75 Å². The topological polar surface area (TPSA) is 202 Å². The van der Waals surface area contributed by atoms with Gasteiger partial charge in [0.25, 0.3) is 11.8 Å². The smallest absolute Gasteiger partial charge is 0.409 e. The minimum absolute atomic E-state index is 0.105. The summed E-state index contributed by atoms with van der Waals surface area (Å²) in [7, 11) is 0. The highest BCUT2D eigenvalue weighted by Gasteiger charge is 2.34. The molecule has 2 aromatic rings. The molecule has 1 aromatic carbocycles. The van der Waals surface area contributed by atoms with Gasteiger partial charge >= 0.3 is 12.1 Å². The number of aryl methyl sites for hydroxylation is 1. The molecule has 45 heavy (non-hydrogen) atoms. The highest BCUT2D eigenvalue weighted by atomic mass is 16.6. The number of hydrogen-bond donors (Lipinski definition) is 3. The van der Waals surface area contributed by atoms with Crippen LogP contribution >= 0.6 is 0 Å². The van der Waals surface area contributed by atoms with E-state index in [4.69, 9.17) is 15.2 Å². The number of fused-ring (bicyclic) bond motifs is 1. The van der Waals surface area contributed by atoms with E-state index in [9.17, 15) is 33.9 Å². The van der Waals surface area contributed by atoms with Crippen LogP contribution in [0.15, 0.2) is 24.3 Å². The van der Waals surface area contributed by atoms with Gasteiger partial charge in [-0.1, -0.05) is 6.07 Å².